The van der Waals surface area contributed by atoms with Crippen molar-refractivity contribution in [2.75, 3.05) is 5.75 Å². The van der Waals surface area contributed by atoms with E-state index in [-0.39, 0.29) is 23.7 Å². The predicted molar refractivity (Wildman–Crippen MR) is 77.7 cm³/mol. The minimum Gasteiger partial charge on any atom is -0.326 e. The van der Waals surface area contributed by atoms with Crippen LogP contribution in [-0.2, 0) is 22.9 Å². The first-order valence-electron chi connectivity index (χ1n) is 6.24. The molecule has 1 heterocycles. The van der Waals surface area contributed by atoms with Crippen LogP contribution in [0.3, 0.4) is 0 Å². The lowest BCUT2D eigenvalue weighted by Crippen LogP contribution is -2.30. The zero-order chi connectivity index (χ0) is 15.5. The van der Waals surface area contributed by atoms with E-state index in [4.69, 9.17) is 5.73 Å². The molecule has 3 N–H and O–H groups in total. The second-order valence-electron chi connectivity index (χ2n) is 4.47. The van der Waals surface area contributed by atoms with Gasteiger partial charge in [0, 0.05) is 18.7 Å². The van der Waals surface area contributed by atoms with Crippen LogP contribution >= 0.6 is 0 Å². The van der Waals surface area contributed by atoms with Crippen LogP contribution < -0.4 is 16.9 Å². The van der Waals surface area contributed by atoms with E-state index < -0.39 is 21.0 Å². The summed E-state index contributed by atoms with van der Waals surface area (Å²) in [4.78, 5) is 22.8. The molecule has 8 heteroatoms. The van der Waals surface area contributed by atoms with Crippen LogP contribution in [0.25, 0.3) is 0 Å². The average molecular weight is 309 g/mol. The Labute approximate surface area is 120 Å². The highest BCUT2D eigenvalue weighted by molar-refractivity contribution is 7.91. The number of nitrogens with one attached hydrogen (secondary N) is 1. The first-order valence-corrected chi connectivity index (χ1v) is 7.89. The Bertz CT molecular complexity index is 852. The summed E-state index contributed by atoms with van der Waals surface area (Å²) in [7, 11) is -3.56. The van der Waals surface area contributed by atoms with Crippen molar-refractivity contribution in [3.05, 3.63) is 62.7 Å². The number of rotatable bonds is 5. The molecule has 1 aromatic carbocycles. The van der Waals surface area contributed by atoms with Gasteiger partial charge in [0.05, 0.1) is 17.2 Å². The monoisotopic (exact) mass is 309 g/mol. The molecule has 0 aliphatic heterocycles. The number of aryl methyl sites for hydroxylation is 1. The molecule has 0 fully saturated rings. The van der Waals surface area contributed by atoms with Gasteiger partial charge in [-0.25, -0.2) is 13.1 Å². The van der Waals surface area contributed by atoms with Crippen molar-refractivity contribution in [3.63, 3.8) is 0 Å². The molecule has 112 valence electrons. The maximum absolute atomic E-state index is 12.2. The molecule has 0 saturated heterocycles. The van der Waals surface area contributed by atoms with Gasteiger partial charge in [-0.1, -0.05) is 12.1 Å². The summed E-state index contributed by atoms with van der Waals surface area (Å²) in [5, 5.41) is 2.29. The van der Waals surface area contributed by atoms with Crippen LogP contribution in [0.15, 0.2) is 50.9 Å². The standard InChI is InChI=1S/C13H15N3O4S/c14-9-10-2-1-3-11(8-10)21(19,20)7-6-16-13(18)5-4-12(17)15-16/h1-5,8H,6-7,9,14H2,(H,15,17). The van der Waals surface area contributed by atoms with E-state index in [2.05, 4.69) is 5.10 Å². The van der Waals surface area contributed by atoms with E-state index in [1.165, 1.54) is 12.1 Å². The fourth-order valence-corrected chi connectivity index (χ4v) is 3.10. The van der Waals surface area contributed by atoms with Gasteiger partial charge in [-0.2, -0.15) is 0 Å². The fourth-order valence-electron chi connectivity index (χ4n) is 1.82. The molecule has 7 nitrogen and oxygen atoms in total. The molecule has 0 aliphatic carbocycles. The Kier molecular flexibility index (Phi) is 4.39. The van der Waals surface area contributed by atoms with Gasteiger partial charge in [0.1, 0.15) is 0 Å². The van der Waals surface area contributed by atoms with Gasteiger partial charge < -0.3 is 5.73 Å². The number of nitrogens with two attached hydrogens (primary N) is 1. The predicted octanol–water partition coefficient (Wildman–Crippen LogP) is -0.531. The van der Waals surface area contributed by atoms with Crippen molar-refractivity contribution >= 4 is 9.84 Å². The van der Waals surface area contributed by atoms with Crippen LogP contribution in [0.5, 0.6) is 0 Å². The number of nitrogens with zero attached hydrogens (tertiary/aromatic N) is 1. The lowest BCUT2D eigenvalue weighted by atomic mass is 10.2. The quantitative estimate of drug-likeness (QED) is 0.770. The lowest BCUT2D eigenvalue weighted by Gasteiger charge is -2.07. The number of aromatic amines is 1. The van der Waals surface area contributed by atoms with Crippen molar-refractivity contribution in [1.82, 2.24) is 9.78 Å². The third kappa shape index (κ3) is 3.67. The van der Waals surface area contributed by atoms with Gasteiger partial charge >= 0.3 is 0 Å². The minimum atomic E-state index is -3.56. The van der Waals surface area contributed by atoms with E-state index in [1.807, 2.05) is 0 Å². The summed E-state index contributed by atoms with van der Waals surface area (Å²) in [6.07, 6.45) is 0. The second-order valence-corrected chi connectivity index (χ2v) is 6.58. The molecule has 2 rings (SSSR count). The molecule has 2 aromatic rings. The first kappa shape index (κ1) is 15.2. The van der Waals surface area contributed by atoms with Gasteiger partial charge in [-0.05, 0) is 17.7 Å². The maximum atomic E-state index is 12.2. The zero-order valence-electron chi connectivity index (χ0n) is 11.2. The van der Waals surface area contributed by atoms with Crippen LogP contribution in [-0.4, -0.2) is 24.0 Å². The number of H-pyrrole nitrogens is 1. The molecule has 0 unspecified atom stereocenters. The zero-order valence-corrected chi connectivity index (χ0v) is 12.0. The molecule has 0 radical (unpaired) electrons. The van der Waals surface area contributed by atoms with Crippen molar-refractivity contribution in [2.24, 2.45) is 5.73 Å². The van der Waals surface area contributed by atoms with E-state index in [0.29, 0.717) is 5.56 Å². The summed E-state index contributed by atoms with van der Waals surface area (Å²) >= 11 is 0. The SMILES string of the molecule is NCc1cccc(S(=O)(=O)CCn2[nH]c(=O)ccc2=O)c1. The largest absolute Gasteiger partial charge is 0.326 e. The van der Waals surface area contributed by atoms with Gasteiger partial charge in [-0.15, -0.1) is 0 Å². The van der Waals surface area contributed by atoms with E-state index in [9.17, 15) is 18.0 Å². The topological polar surface area (TPSA) is 115 Å². The molecule has 21 heavy (non-hydrogen) atoms. The summed E-state index contributed by atoms with van der Waals surface area (Å²) in [6, 6.07) is 8.53. The van der Waals surface area contributed by atoms with Crippen molar-refractivity contribution in [1.29, 1.82) is 0 Å². The third-order valence-corrected chi connectivity index (χ3v) is 4.66. The second kappa shape index (κ2) is 6.06. The molecule has 1 aromatic heterocycles. The van der Waals surface area contributed by atoms with Gasteiger partial charge in [-0.3, -0.25) is 14.7 Å². The maximum Gasteiger partial charge on any atom is 0.265 e. The van der Waals surface area contributed by atoms with Gasteiger partial charge in [0.2, 0.25) is 0 Å². The summed E-state index contributed by atoms with van der Waals surface area (Å²) in [6.45, 7) is 0.124. The highest BCUT2D eigenvalue weighted by Gasteiger charge is 2.15. The first-order chi connectivity index (χ1) is 9.92. The summed E-state index contributed by atoms with van der Waals surface area (Å²) in [5.41, 5.74) is 5.27. The molecular weight excluding hydrogens is 294 g/mol. The Morgan fingerprint density at radius 2 is 1.90 bits per heavy atom. The molecule has 0 amide bonds. The number of benzene rings is 1. The highest BCUT2D eigenvalue weighted by atomic mass is 32.2. The van der Waals surface area contributed by atoms with E-state index in [1.54, 1.807) is 12.1 Å². The Hall–Kier alpha value is -2.19. The molecule has 0 bridgehead atoms. The highest BCUT2D eigenvalue weighted by Crippen LogP contribution is 2.13. The van der Waals surface area contributed by atoms with Crippen LogP contribution in [0.4, 0.5) is 0 Å². The summed E-state index contributed by atoms with van der Waals surface area (Å²) in [5.74, 6) is -0.291. The third-order valence-electron chi connectivity index (χ3n) is 2.97. The Morgan fingerprint density at radius 3 is 2.62 bits per heavy atom. The Morgan fingerprint density at radius 1 is 1.14 bits per heavy atom. The van der Waals surface area contributed by atoms with Crippen molar-refractivity contribution in [3.8, 4) is 0 Å². The number of hydrogen-bond acceptors (Lipinski definition) is 5. The molecule has 0 spiro atoms. The normalized spacial score (nSPS) is 11.5. The number of aromatic nitrogens is 2. The smallest absolute Gasteiger partial charge is 0.265 e. The number of hydrogen-bond donors (Lipinski definition) is 2. The number of sulfone groups is 1. The van der Waals surface area contributed by atoms with Crippen molar-refractivity contribution < 1.29 is 8.42 Å². The molecular formula is C13H15N3O4S. The van der Waals surface area contributed by atoms with Crippen LogP contribution in [0, 0.1) is 0 Å². The van der Waals surface area contributed by atoms with Crippen LogP contribution in [0.2, 0.25) is 0 Å². The molecule has 0 atom stereocenters. The van der Waals surface area contributed by atoms with E-state index >= 15 is 0 Å². The molecule has 0 saturated carbocycles. The Balaban J connectivity index is 2.23. The minimum absolute atomic E-state index is 0.121. The van der Waals surface area contributed by atoms with Gasteiger partial charge in [0.25, 0.3) is 11.1 Å². The lowest BCUT2D eigenvalue weighted by molar-refractivity contribution is 0.567. The summed E-state index contributed by atoms with van der Waals surface area (Å²) < 4.78 is 25.4. The van der Waals surface area contributed by atoms with E-state index in [0.717, 1.165) is 16.8 Å². The fraction of sp³-hybridized carbons (Fsp3) is 0.231. The molecule has 0 aliphatic rings. The van der Waals surface area contributed by atoms with Crippen molar-refractivity contribution in [2.45, 2.75) is 18.0 Å². The van der Waals surface area contributed by atoms with Gasteiger partial charge in [0.15, 0.2) is 9.84 Å². The average Bonchev–Trinajstić information content (AvgIpc) is 2.48. The van der Waals surface area contributed by atoms with Crippen LogP contribution in [0.1, 0.15) is 5.56 Å².